The highest BCUT2D eigenvalue weighted by atomic mass is 79.9. The number of ether oxygens (including phenoxy) is 1. The van der Waals surface area contributed by atoms with Gasteiger partial charge in [-0.05, 0) is 37.6 Å². The molecule has 2 rings (SSSR count). The Morgan fingerprint density at radius 2 is 2.39 bits per heavy atom. The van der Waals surface area contributed by atoms with E-state index in [1.807, 2.05) is 31.3 Å². The average molecular weight is 314 g/mol. The van der Waals surface area contributed by atoms with Crippen molar-refractivity contribution < 1.29 is 9.84 Å². The van der Waals surface area contributed by atoms with Crippen LogP contribution in [-0.4, -0.2) is 42.9 Å². The smallest absolute Gasteiger partial charge is 0.0917 e. The molecule has 1 aromatic rings. The molecule has 1 aromatic carbocycles. The summed E-state index contributed by atoms with van der Waals surface area (Å²) in [7, 11) is 2.03. The van der Waals surface area contributed by atoms with Gasteiger partial charge in [0.15, 0.2) is 0 Å². The Kier molecular flexibility index (Phi) is 5.18. The minimum Gasteiger partial charge on any atom is -0.387 e. The minimum atomic E-state index is -0.450. The lowest BCUT2D eigenvalue weighted by molar-refractivity contribution is 0.0602. The Morgan fingerprint density at radius 3 is 3.06 bits per heavy atom. The van der Waals surface area contributed by atoms with Gasteiger partial charge >= 0.3 is 0 Å². The number of hydrogen-bond donors (Lipinski definition) is 1. The molecule has 1 fully saturated rings. The summed E-state index contributed by atoms with van der Waals surface area (Å²) < 4.78 is 6.60. The summed E-state index contributed by atoms with van der Waals surface area (Å²) in [6, 6.07) is 7.83. The molecule has 0 saturated carbocycles. The van der Waals surface area contributed by atoms with E-state index in [1.165, 1.54) is 0 Å². The van der Waals surface area contributed by atoms with Crippen LogP contribution in [0.5, 0.6) is 0 Å². The van der Waals surface area contributed by atoms with Crippen molar-refractivity contribution in [2.24, 2.45) is 0 Å². The minimum absolute atomic E-state index is 0.338. The molecule has 1 heterocycles. The lowest BCUT2D eigenvalue weighted by atomic mass is 10.1. The van der Waals surface area contributed by atoms with E-state index in [4.69, 9.17) is 4.74 Å². The van der Waals surface area contributed by atoms with E-state index < -0.39 is 6.10 Å². The van der Waals surface area contributed by atoms with Crippen molar-refractivity contribution in [2.75, 3.05) is 26.7 Å². The van der Waals surface area contributed by atoms with Crippen LogP contribution in [0.3, 0.4) is 0 Å². The summed E-state index contributed by atoms with van der Waals surface area (Å²) in [6.07, 6.45) is 2.18. The fourth-order valence-electron chi connectivity index (χ4n) is 2.32. The third-order valence-electron chi connectivity index (χ3n) is 3.26. The molecular weight excluding hydrogens is 294 g/mol. The molecule has 4 heteroatoms. The number of nitrogens with zero attached hydrogens (tertiary/aromatic N) is 1. The quantitative estimate of drug-likeness (QED) is 0.907. The maximum atomic E-state index is 10.2. The van der Waals surface area contributed by atoms with Crippen LogP contribution in [0.15, 0.2) is 28.7 Å². The summed E-state index contributed by atoms with van der Waals surface area (Å²) in [5, 5.41) is 10.2. The molecule has 0 bridgehead atoms. The zero-order valence-corrected chi connectivity index (χ0v) is 12.3. The van der Waals surface area contributed by atoms with Crippen LogP contribution in [0.1, 0.15) is 24.5 Å². The molecule has 0 amide bonds. The van der Waals surface area contributed by atoms with Gasteiger partial charge in [-0.15, -0.1) is 0 Å². The standard InChI is InChI=1S/C14H20BrNO2/c1-16(9-13-6-3-7-18-13)10-14(17)11-4-2-5-12(15)8-11/h2,4-5,8,13-14,17H,3,6-7,9-10H2,1H3. The van der Waals surface area contributed by atoms with Crippen molar-refractivity contribution in [3.05, 3.63) is 34.3 Å². The average Bonchev–Trinajstić information content (AvgIpc) is 2.81. The first-order valence-electron chi connectivity index (χ1n) is 6.39. The lowest BCUT2D eigenvalue weighted by Crippen LogP contribution is -2.32. The van der Waals surface area contributed by atoms with Crippen LogP contribution in [0.25, 0.3) is 0 Å². The maximum Gasteiger partial charge on any atom is 0.0917 e. The molecule has 18 heavy (non-hydrogen) atoms. The molecule has 100 valence electrons. The zero-order chi connectivity index (χ0) is 13.0. The summed E-state index contributed by atoms with van der Waals surface area (Å²) in [4.78, 5) is 2.14. The molecule has 1 saturated heterocycles. The number of benzene rings is 1. The zero-order valence-electron chi connectivity index (χ0n) is 10.7. The molecule has 1 aliphatic rings. The highest BCUT2D eigenvalue weighted by molar-refractivity contribution is 9.10. The number of halogens is 1. The Bertz CT molecular complexity index is 380. The fourth-order valence-corrected chi connectivity index (χ4v) is 2.74. The van der Waals surface area contributed by atoms with E-state index in [2.05, 4.69) is 20.8 Å². The van der Waals surface area contributed by atoms with Gasteiger partial charge in [0.1, 0.15) is 0 Å². The van der Waals surface area contributed by atoms with Gasteiger partial charge in [0.25, 0.3) is 0 Å². The molecule has 2 unspecified atom stereocenters. The number of hydrogen-bond acceptors (Lipinski definition) is 3. The second-order valence-electron chi connectivity index (χ2n) is 4.93. The van der Waals surface area contributed by atoms with Gasteiger partial charge < -0.3 is 14.7 Å². The lowest BCUT2D eigenvalue weighted by Gasteiger charge is -2.23. The van der Waals surface area contributed by atoms with Gasteiger partial charge in [0.2, 0.25) is 0 Å². The Labute approximate surface area is 117 Å². The van der Waals surface area contributed by atoms with E-state index in [9.17, 15) is 5.11 Å². The second-order valence-corrected chi connectivity index (χ2v) is 5.84. The van der Waals surface area contributed by atoms with Gasteiger partial charge in [-0.3, -0.25) is 0 Å². The first kappa shape index (κ1) is 14.0. The molecular formula is C14H20BrNO2. The number of aliphatic hydroxyl groups is 1. The third kappa shape index (κ3) is 4.05. The molecule has 3 nitrogen and oxygen atoms in total. The fraction of sp³-hybridized carbons (Fsp3) is 0.571. The van der Waals surface area contributed by atoms with Gasteiger partial charge in [-0.25, -0.2) is 0 Å². The van der Waals surface area contributed by atoms with Gasteiger partial charge in [-0.2, -0.15) is 0 Å². The van der Waals surface area contributed by atoms with Crippen LogP contribution < -0.4 is 0 Å². The van der Waals surface area contributed by atoms with Crippen molar-refractivity contribution in [1.82, 2.24) is 4.90 Å². The molecule has 0 aliphatic carbocycles. The highest BCUT2D eigenvalue weighted by Crippen LogP contribution is 2.19. The molecule has 1 N–H and O–H groups in total. The number of likely N-dealkylation sites (N-methyl/N-ethyl adjacent to an activating group) is 1. The van der Waals surface area contributed by atoms with Crippen LogP contribution in [0.2, 0.25) is 0 Å². The Hall–Kier alpha value is -0.420. The Balaban J connectivity index is 1.84. The van der Waals surface area contributed by atoms with Crippen molar-refractivity contribution in [3.8, 4) is 0 Å². The maximum absolute atomic E-state index is 10.2. The van der Waals surface area contributed by atoms with Crippen molar-refractivity contribution >= 4 is 15.9 Å². The highest BCUT2D eigenvalue weighted by Gasteiger charge is 2.19. The largest absolute Gasteiger partial charge is 0.387 e. The summed E-state index contributed by atoms with van der Waals surface area (Å²) in [5.41, 5.74) is 0.948. The molecule has 2 atom stereocenters. The van der Waals surface area contributed by atoms with Crippen LogP contribution in [0.4, 0.5) is 0 Å². The molecule has 0 spiro atoms. The predicted octanol–water partition coefficient (Wildman–Crippen LogP) is 2.59. The van der Waals surface area contributed by atoms with E-state index in [1.54, 1.807) is 0 Å². The number of aliphatic hydroxyl groups excluding tert-OH is 1. The van der Waals surface area contributed by atoms with Crippen LogP contribution in [-0.2, 0) is 4.74 Å². The van der Waals surface area contributed by atoms with Crippen LogP contribution in [0, 0.1) is 0 Å². The second kappa shape index (κ2) is 6.66. The Morgan fingerprint density at radius 1 is 1.56 bits per heavy atom. The topological polar surface area (TPSA) is 32.7 Å². The molecule has 0 aromatic heterocycles. The van der Waals surface area contributed by atoms with Crippen molar-refractivity contribution in [3.63, 3.8) is 0 Å². The van der Waals surface area contributed by atoms with Crippen LogP contribution >= 0.6 is 15.9 Å². The van der Waals surface area contributed by atoms with Gasteiger partial charge in [-0.1, -0.05) is 28.1 Å². The SMILES string of the molecule is CN(CC1CCCO1)CC(O)c1cccc(Br)c1. The predicted molar refractivity (Wildman–Crippen MR) is 75.6 cm³/mol. The summed E-state index contributed by atoms with van der Waals surface area (Å²) >= 11 is 3.42. The monoisotopic (exact) mass is 313 g/mol. The normalized spacial score (nSPS) is 21.4. The first-order chi connectivity index (χ1) is 8.65. The molecule has 0 radical (unpaired) electrons. The van der Waals surface area contributed by atoms with E-state index >= 15 is 0 Å². The van der Waals surface area contributed by atoms with Crippen molar-refractivity contribution in [2.45, 2.75) is 25.0 Å². The summed E-state index contributed by atoms with van der Waals surface area (Å²) in [5.74, 6) is 0. The van der Waals surface area contributed by atoms with E-state index in [0.717, 1.165) is 36.0 Å². The third-order valence-corrected chi connectivity index (χ3v) is 3.75. The molecule has 1 aliphatic heterocycles. The van der Waals surface area contributed by atoms with Gasteiger partial charge in [0.05, 0.1) is 12.2 Å². The van der Waals surface area contributed by atoms with Gasteiger partial charge in [0, 0.05) is 24.2 Å². The first-order valence-corrected chi connectivity index (χ1v) is 7.18. The van der Waals surface area contributed by atoms with Crippen molar-refractivity contribution in [1.29, 1.82) is 0 Å². The number of rotatable bonds is 5. The summed E-state index contributed by atoms with van der Waals surface area (Å²) in [6.45, 7) is 2.41. The van der Waals surface area contributed by atoms with E-state index in [-0.39, 0.29) is 0 Å². The van der Waals surface area contributed by atoms with E-state index in [0.29, 0.717) is 12.6 Å².